The third-order valence-corrected chi connectivity index (χ3v) is 1.01. The topological polar surface area (TPSA) is 75.5 Å². The summed E-state index contributed by atoms with van der Waals surface area (Å²) in [5, 5.41) is 13.0. The zero-order valence-corrected chi connectivity index (χ0v) is 5.75. The molecule has 0 aliphatic rings. The molecule has 0 aliphatic carbocycles. The van der Waals surface area contributed by atoms with Crippen LogP contribution in [0.1, 0.15) is 0 Å². The number of benzene rings is 1. The molecule has 0 aliphatic heterocycles. The van der Waals surface area contributed by atoms with Crippen LogP contribution in [0.25, 0.3) is 0 Å². The predicted octanol–water partition coefficient (Wildman–Crippen LogP) is 2.01. The Morgan fingerprint density at radius 1 is 1.00 bits per heavy atom. The van der Waals surface area contributed by atoms with Gasteiger partial charge in [-0.25, -0.2) is 0 Å². The molecule has 0 saturated carbocycles. The highest BCUT2D eigenvalue weighted by atomic mass is 15.5. The molecule has 0 bridgehead atoms. The number of rotatable bonds is 2. The molecule has 2 N–H and O–H groups in total. The van der Waals surface area contributed by atoms with Crippen molar-refractivity contribution in [1.29, 1.82) is 0 Å². The van der Waals surface area contributed by atoms with Gasteiger partial charge in [-0.3, -0.25) is 0 Å². The molecule has 0 atom stereocenters. The van der Waals surface area contributed by atoms with Gasteiger partial charge < -0.3 is 5.84 Å². The Bertz CT molecular complexity index is 253. The Morgan fingerprint density at radius 3 is 2.36 bits per heavy atom. The van der Waals surface area contributed by atoms with Crippen LogP contribution in [0.3, 0.4) is 0 Å². The zero-order valence-electron chi connectivity index (χ0n) is 5.75. The van der Waals surface area contributed by atoms with E-state index < -0.39 is 0 Å². The average Bonchev–Trinajstić information content (AvgIpc) is 2.07. The summed E-state index contributed by atoms with van der Waals surface area (Å²) < 4.78 is 0. The molecule has 11 heavy (non-hydrogen) atoms. The summed E-state index contributed by atoms with van der Waals surface area (Å²) in [4.78, 5) is 0. The first-order valence-electron chi connectivity index (χ1n) is 2.99. The van der Waals surface area contributed by atoms with Crippen LogP contribution in [-0.2, 0) is 0 Å². The van der Waals surface area contributed by atoms with E-state index in [9.17, 15) is 0 Å². The summed E-state index contributed by atoms with van der Waals surface area (Å²) in [5.74, 6) is 4.70. The second-order valence-electron chi connectivity index (χ2n) is 1.73. The summed E-state index contributed by atoms with van der Waals surface area (Å²) in [5.41, 5.74) is 0.722. The predicted molar refractivity (Wildman–Crippen MR) is 40.0 cm³/mol. The molecule has 5 heteroatoms. The fourth-order valence-corrected chi connectivity index (χ4v) is 0.589. The fraction of sp³-hybridized carbons (Fsp3) is 0. The van der Waals surface area contributed by atoms with E-state index in [1.54, 1.807) is 12.1 Å². The molecule has 56 valence electrons. The van der Waals surface area contributed by atoms with Crippen molar-refractivity contribution in [3.8, 4) is 0 Å². The highest BCUT2D eigenvalue weighted by molar-refractivity contribution is 5.34. The Balaban J connectivity index is 2.64. The van der Waals surface area contributed by atoms with Crippen molar-refractivity contribution in [3.63, 3.8) is 0 Å². The van der Waals surface area contributed by atoms with E-state index in [1.807, 2.05) is 18.2 Å². The third-order valence-electron chi connectivity index (χ3n) is 1.01. The lowest BCUT2D eigenvalue weighted by Crippen LogP contribution is -1.70. The Morgan fingerprint density at radius 2 is 1.73 bits per heavy atom. The Hall–Kier alpha value is -1.78. The van der Waals surface area contributed by atoms with Gasteiger partial charge in [-0.1, -0.05) is 23.4 Å². The van der Waals surface area contributed by atoms with Gasteiger partial charge in [-0.15, -0.1) is 5.11 Å². The zero-order chi connectivity index (χ0) is 7.94. The van der Waals surface area contributed by atoms with Crippen molar-refractivity contribution in [2.45, 2.75) is 0 Å². The minimum atomic E-state index is 0.722. The van der Waals surface area contributed by atoms with Crippen LogP contribution in [0.5, 0.6) is 0 Å². The molecule has 1 aromatic carbocycles. The number of nitrogens with zero attached hydrogens (tertiary/aromatic N) is 4. The maximum absolute atomic E-state index is 4.70. The minimum Gasteiger partial charge on any atom is -0.303 e. The maximum Gasteiger partial charge on any atom is 0.0875 e. The van der Waals surface area contributed by atoms with Crippen molar-refractivity contribution in [1.82, 2.24) is 0 Å². The monoisotopic (exact) mass is 149 g/mol. The standard InChI is InChI=1S/C6H7N5/c7-9-11-10-8-6-4-2-1-3-5-6/h1-5H,(H2,7,8,11). The van der Waals surface area contributed by atoms with Gasteiger partial charge in [-0.2, -0.15) is 0 Å². The van der Waals surface area contributed by atoms with E-state index in [0.29, 0.717) is 0 Å². The lowest BCUT2D eigenvalue weighted by molar-refractivity contribution is 0.894. The summed E-state index contributed by atoms with van der Waals surface area (Å²) >= 11 is 0. The van der Waals surface area contributed by atoms with Gasteiger partial charge in [0.2, 0.25) is 0 Å². The first-order chi connectivity index (χ1) is 5.43. The smallest absolute Gasteiger partial charge is 0.0875 e. The van der Waals surface area contributed by atoms with Crippen LogP contribution < -0.4 is 5.84 Å². The maximum atomic E-state index is 4.70. The first-order valence-corrected chi connectivity index (χ1v) is 2.99. The molecule has 0 saturated heterocycles. The molecule has 1 rings (SSSR count). The Labute approximate surface area is 63.6 Å². The average molecular weight is 149 g/mol. The summed E-state index contributed by atoms with van der Waals surface area (Å²) in [6, 6.07) is 9.20. The van der Waals surface area contributed by atoms with Crippen molar-refractivity contribution >= 4 is 5.69 Å². The highest BCUT2D eigenvalue weighted by Crippen LogP contribution is 2.09. The van der Waals surface area contributed by atoms with Crippen molar-refractivity contribution in [2.24, 2.45) is 26.6 Å². The van der Waals surface area contributed by atoms with Crippen LogP contribution in [0.2, 0.25) is 0 Å². The van der Waals surface area contributed by atoms with E-state index in [0.717, 1.165) is 5.69 Å². The molecule has 1 aromatic rings. The van der Waals surface area contributed by atoms with E-state index in [1.165, 1.54) is 0 Å². The van der Waals surface area contributed by atoms with E-state index in [-0.39, 0.29) is 0 Å². The first kappa shape index (κ1) is 7.33. The van der Waals surface area contributed by atoms with E-state index >= 15 is 0 Å². The summed E-state index contributed by atoms with van der Waals surface area (Å²) in [7, 11) is 0. The van der Waals surface area contributed by atoms with Crippen molar-refractivity contribution < 1.29 is 0 Å². The number of hydrogen-bond donors (Lipinski definition) is 1. The normalized spacial score (nSPS) is 11.3. The van der Waals surface area contributed by atoms with Crippen molar-refractivity contribution in [2.75, 3.05) is 0 Å². The second kappa shape index (κ2) is 4.10. The number of hydrogen-bond acceptors (Lipinski definition) is 2. The van der Waals surface area contributed by atoms with E-state index in [2.05, 4.69) is 20.8 Å². The third kappa shape index (κ3) is 2.53. The van der Waals surface area contributed by atoms with Crippen LogP contribution >= 0.6 is 0 Å². The fourth-order valence-electron chi connectivity index (χ4n) is 0.589. The highest BCUT2D eigenvalue weighted by Gasteiger charge is 1.81. The van der Waals surface area contributed by atoms with Gasteiger partial charge in [-0.05, 0) is 22.6 Å². The number of nitrogens with two attached hydrogens (primary N) is 1. The molecule has 0 spiro atoms. The van der Waals surface area contributed by atoms with Gasteiger partial charge in [0.05, 0.1) is 5.69 Å². The molecule has 0 fully saturated rings. The van der Waals surface area contributed by atoms with Crippen LogP contribution in [-0.4, -0.2) is 0 Å². The van der Waals surface area contributed by atoms with Crippen LogP contribution in [0.15, 0.2) is 51.1 Å². The van der Waals surface area contributed by atoms with Gasteiger partial charge >= 0.3 is 0 Å². The lowest BCUT2D eigenvalue weighted by Gasteiger charge is -1.84. The quantitative estimate of drug-likeness (QED) is 0.389. The van der Waals surface area contributed by atoms with E-state index in [4.69, 9.17) is 5.84 Å². The molecule has 0 amide bonds. The largest absolute Gasteiger partial charge is 0.303 e. The molecule has 0 unspecified atom stereocenters. The molecule has 0 heterocycles. The molecular formula is C6H7N5. The van der Waals surface area contributed by atoms with Crippen LogP contribution in [0.4, 0.5) is 5.69 Å². The molecule has 0 aromatic heterocycles. The van der Waals surface area contributed by atoms with Gasteiger partial charge in [0.15, 0.2) is 0 Å². The SMILES string of the molecule is NN=NN=Nc1ccccc1. The van der Waals surface area contributed by atoms with Gasteiger partial charge in [0.25, 0.3) is 0 Å². The minimum absolute atomic E-state index is 0.722. The molecule has 5 nitrogen and oxygen atoms in total. The van der Waals surface area contributed by atoms with Crippen LogP contribution in [0, 0.1) is 0 Å². The lowest BCUT2D eigenvalue weighted by atomic mass is 10.3. The Kier molecular flexibility index (Phi) is 2.73. The van der Waals surface area contributed by atoms with Gasteiger partial charge in [0.1, 0.15) is 0 Å². The molecular weight excluding hydrogens is 142 g/mol. The van der Waals surface area contributed by atoms with Gasteiger partial charge in [0, 0.05) is 0 Å². The molecule has 0 radical (unpaired) electrons. The second-order valence-corrected chi connectivity index (χ2v) is 1.73. The summed E-state index contributed by atoms with van der Waals surface area (Å²) in [6.45, 7) is 0. The summed E-state index contributed by atoms with van der Waals surface area (Å²) in [6.07, 6.45) is 0. The van der Waals surface area contributed by atoms with Crippen molar-refractivity contribution in [3.05, 3.63) is 30.3 Å².